The molecule has 0 saturated carbocycles. The molecule has 1 heterocycles. The van der Waals surface area contributed by atoms with Gasteiger partial charge >= 0.3 is 5.97 Å². The molecule has 0 fully saturated rings. The normalized spacial score (nSPS) is 17.1. The van der Waals surface area contributed by atoms with E-state index in [1.807, 2.05) is 55.5 Å². The second-order valence-corrected chi connectivity index (χ2v) is 8.00. The van der Waals surface area contributed by atoms with Gasteiger partial charge in [-0.1, -0.05) is 36.4 Å². The van der Waals surface area contributed by atoms with Crippen molar-refractivity contribution in [3.05, 3.63) is 89.5 Å². The van der Waals surface area contributed by atoms with Crippen molar-refractivity contribution in [2.75, 3.05) is 4.90 Å². The van der Waals surface area contributed by atoms with E-state index in [-0.39, 0.29) is 30.0 Å². The number of carboxylic acids is 1. The molecule has 3 aromatic carbocycles. The van der Waals surface area contributed by atoms with Crippen LogP contribution < -0.4 is 9.64 Å². The Kier molecular flexibility index (Phi) is 6.12. The maximum absolute atomic E-state index is 13.3. The summed E-state index contributed by atoms with van der Waals surface area (Å²) < 4.78 is 5.97. The highest BCUT2D eigenvalue weighted by Crippen LogP contribution is 2.45. The van der Waals surface area contributed by atoms with Crippen molar-refractivity contribution in [2.45, 2.75) is 38.3 Å². The standard InChI is InChI=1S/C26H25NO5/c1-17-22(11-13-25(29)30)23-15-21(32-16-18-6-3-2-4-7-18)10-12-24(23)27(17)26(31)19-8-5-9-20(28)14-19/h2-10,12,14-15,17,22,28H,11,13,16H2,1H3,(H,29,30)/t17-,22+/m0/s1. The zero-order chi connectivity index (χ0) is 22.7. The van der Waals surface area contributed by atoms with Crippen LogP contribution in [0.4, 0.5) is 5.69 Å². The summed E-state index contributed by atoms with van der Waals surface area (Å²) in [7, 11) is 0. The van der Waals surface area contributed by atoms with Crippen LogP contribution in [0.15, 0.2) is 72.8 Å². The predicted molar refractivity (Wildman–Crippen MR) is 121 cm³/mol. The van der Waals surface area contributed by atoms with E-state index in [9.17, 15) is 19.8 Å². The summed E-state index contributed by atoms with van der Waals surface area (Å²) in [5.41, 5.74) is 3.07. The molecule has 6 nitrogen and oxygen atoms in total. The number of rotatable bonds is 7. The highest BCUT2D eigenvalue weighted by molar-refractivity contribution is 6.08. The van der Waals surface area contributed by atoms with Crippen LogP contribution in [0.5, 0.6) is 11.5 Å². The Morgan fingerprint density at radius 1 is 1.00 bits per heavy atom. The fraction of sp³-hybridized carbons (Fsp3) is 0.231. The molecule has 1 aliphatic rings. The van der Waals surface area contributed by atoms with Crippen molar-refractivity contribution in [2.24, 2.45) is 0 Å². The van der Waals surface area contributed by atoms with Gasteiger partial charge in [-0.05, 0) is 60.9 Å². The number of anilines is 1. The smallest absolute Gasteiger partial charge is 0.303 e. The lowest BCUT2D eigenvalue weighted by Gasteiger charge is -2.25. The summed E-state index contributed by atoms with van der Waals surface area (Å²) in [5.74, 6) is -0.539. The number of fused-ring (bicyclic) bond motifs is 1. The Hall–Kier alpha value is -3.80. The van der Waals surface area contributed by atoms with Gasteiger partial charge in [-0.2, -0.15) is 0 Å². The molecule has 0 bridgehead atoms. The molecule has 0 aliphatic carbocycles. The Bertz CT molecular complexity index is 1130. The highest BCUT2D eigenvalue weighted by Gasteiger charge is 2.39. The Morgan fingerprint density at radius 2 is 1.78 bits per heavy atom. The third-order valence-electron chi connectivity index (χ3n) is 5.88. The van der Waals surface area contributed by atoms with Crippen LogP contribution in [0.25, 0.3) is 0 Å². The van der Waals surface area contributed by atoms with E-state index in [1.165, 1.54) is 12.1 Å². The van der Waals surface area contributed by atoms with Crippen LogP contribution in [-0.4, -0.2) is 28.1 Å². The van der Waals surface area contributed by atoms with Gasteiger partial charge in [0.05, 0.1) is 0 Å². The van der Waals surface area contributed by atoms with Crippen LogP contribution in [-0.2, 0) is 11.4 Å². The lowest BCUT2D eigenvalue weighted by Crippen LogP contribution is -2.37. The monoisotopic (exact) mass is 431 g/mol. The van der Waals surface area contributed by atoms with Crippen LogP contribution in [0.1, 0.15) is 47.2 Å². The number of hydrogen-bond acceptors (Lipinski definition) is 4. The van der Waals surface area contributed by atoms with Crippen LogP contribution in [0.3, 0.4) is 0 Å². The predicted octanol–water partition coefficient (Wildman–Crippen LogP) is 4.97. The van der Waals surface area contributed by atoms with Gasteiger partial charge in [-0.25, -0.2) is 0 Å². The molecule has 0 spiro atoms. The number of ether oxygens (including phenoxy) is 1. The number of carboxylic acid groups (broad SMARTS) is 1. The average molecular weight is 431 g/mol. The average Bonchev–Trinajstić information content (AvgIpc) is 3.06. The van der Waals surface area contributed by atoms with Crippen molar-refractivity contribution in [3.8, 4) is 11.5 Å². The van der Waals surface area contributed by atoms with E-state index in [0.29, 0.717) is 24.3 Å². The van der Waals surface area contributed by atoms with Gasteiger partial charge in [0.2, 0.25) is 0 Å². The first-order chi connectivity index (χ1) is 15.4. The fourth-order valence-electron chi connectivity index (χ4n) is 4.29. The van der Waals surface area contributed by atoms with E-state index in [1.54, 1.807) is 17.0 Å². The SMILES string of the molecule is C[C@H]1[C@@H](CCC(=O)O)c2cc(OCc3ccccc3)ccc2N1C(=O)c1cccc(O)c1. The maximum Gasteiger partial charge on any atom is 0.303 e. The fourth-order valence-corrected chi connectivity index (χ4v) is 4.29. The van der Waals surface area contributed by atoms with Crippen molar-refractivity contribution in [3.63, 3.8) is 0 Å². The first kappa shape index (κ1) is 21.4. The molecule has 0 saturated heterocycles. The summed E-state index contributed by atoms with van der Waals surface area (Å²) in [6, 6.07) is 21.5. The van der Waals surface area contributed by atoms with Gasteiger partial charge in [-0.3, -0.25) is 9.59 Å². The van der Waals surface area contributed by atoms with Gasteiger partial charge in [0.1, 0.15) is 18.1 Å². The Balaban J connectivity index is 1.64. The largest absolute Gasteiger partial charge is 0.508 e. The summed E-state index contributed by atoms with van der Waals surface area (Å²) >= 11 is 0. The zero-order valence-corrected chi connectivity index (χ0v) is 17.8. The second kappa shape index (κ2) is 9.14. The second-order valence-electron chi connectivity index (χ2n) is 8.00. The van der Waals surface area contributed by atoms with E-state index in [2.05, 4.69) is 0 Å². The Morgan fingerprint density at radius 3 is 2.50 bits per heavy atom. The van der Waals surface area contributed by atoms with Crippen LogP contribution in [0, 0.1) is 0 Å². The van der Waals surface area contributed by atoms with Gasteiger partial charge < -0.3 is 19.8 Å². The molecule has 1 aliphatic heterocycles. The van der Waals surface area contributed by atoms with Gasteiger partial charge in [0.25, 0.3) is 5.91 Å². The minimum absolute atomic E-state index is 0.0116. The topological polar surface area (TPSA) is 87.1 Å². The summed E-state index contributed by atoms with van der Waals surface area (Å²) in [6.07, 6.45) is 0.424. The number of aromatic hydroxyl groups is 1. The molecule has 2 N–H and O–H groups in total. The van der Waals surface area contributed by atoms with E-state index >= 15 is 0 Å². The third kappa shape index (κ3) is 4.44. The van der Waals surface area contributed by atoms with Gasteiger partial charge in [-0.15, -0.1) is 0 Å². The molecule has 6 heteroatoms. The highest BCUT2D eigenvalue weighted by atomic mass is 16.5. The van der Waals surface area contributed by atoms with Crippen molar-refractivity contribution in [1.29, 1.82) is 0 Å². The van der Waals surface area contributed by atoms with E-state index in [0.717, 1.165) is 16.8 Å². The molecule has 1 amide bonds. The van der Waals surface area contributed by atoms with Crippen molar-refractivity contribution in [1.82, 2.24) is 0 Å². The first-order valence-corrected chi connectivity index (χ1v) is 10.6. The zero-order valence-electron chi connectivity index (χ0n) is 17.8. The molecule has 32 heavy (non-hydrogen) atoms. The van der Waals surface area contributed by atoms with Gasteiger partial charge in [0, 0.05) is 29.6 Å². The molecule has 0 radical (unpaired) electrons. The quantitative estimate of drug-likeness (QED) is 0.552. The Labute approximate surface area is 186 Å². The number of phenols is 1. The number of hydrogen-bond donors (Lipinski definition) is 2. The third-order valence-corrected chi connectivity index (χ3v) is 5.88. The lowest BCUT2D eigenvalue weighted by molar-refractivity contribution is -0.137. The number of carbonyl (C=O) groups is 2. The molecular weight excluding hydrogens is 406 g/mol. The number of nitrogens with zero attached hydrogens (tertiary/aromatic N) is 1. The van der Waals surface area contributed by atoms with E-state index < -0.39 is 5.97 Å². The summed E-state index contributed by atoms with van der Waals surface area (Å²) in [5, 5.41) is 19.0. The summed E-state index contributed by atoms with van der Waals surface area (Å²) in [6.45, 7) is 2.35. The molecule has 2 atom stereocenters. The number of amides is 1. The van der Waals surface area contributed by atoms with E-state index in [4.69, 9.17) is 4.74 Å². The van der Waals surface area contributed by atoms with Crippen LogP contribution in [0.2, 0.25) is 0 Å². The molecular formula is C26H25NO5. The minimum Gasteiger partial charge on any atom is -0.508 e. The number of aliphatic carboxylic acids is 1. The van der Waals surface area contributed by atoms with Crippen molar-refractivity contribution >= 4 is 17.6 Å². The number of benzene rings is 3. The molecule has 3 aromatic rings. The summed E-state index contributed by atoms with van der Waals surface area (Å²) in [4.78, 5) is 26.3. The first-order valence-electron chi connectivity index (χ1n) is 10.6. The lowest BCUT2D eigenvalue weighted by atomic mass is 9.91. The number of carbonyl (C=O) groups excluding carboxylic acids is 1. The molecule has 164 valence electrons. The molecule has 4 rings (SSSR count). The maximum atomic E-state index is 13.3. The van der Waals surface area contributed by atoms with Gasteiger partial charge in [0.15, 0.2) is 0 Å². The number of phenolic OH excluding ortho intramolecular Hbond substituents is 1. The molecule has 0 unspecified atom stereocenters. The minimum atomic E-state index is -0.868. The van der Waals surface area contributed by atoms with Crippen molar-refractivity contribution < 1.29 is 24.5 Å². The van der Waals surface area contributed by atoms with Crippen LogP contribution >= 0.6 is 0 Å². The molecule has 0 aromatic heterocycles.